The fourth-order valence-corrected chi connectivity index (χ4v) is 2.93. The Morgan fingerprint density at radius 1 is 1.04 bits per heavy atom. The van der Waals surface area contributed by atoms with Crippen LogP contribution in [0.3, 0.4) is 0 Å². The molecule has 128 valence electrons. The second-order valence-electron chi connectivity index (χ2n) is 4.72. The number of hydrogen-bond donors (Lipinski definition) is 0. The van der Waals surface area contributed by atoms with E-state index in [-0.39, 0.29) is 10.6 Å². The fourth-order valence-electron chi connectivity index (χ4n) is 1.93. The molecule has 0 N–H and O–H groups in total. The summed E-state index contributed by atoms with van der Waals surface area (Å²) in [6.45, 7) is 0. The number of methoxy groups -OCH3 is 1. The Morgan fingerprint density at radius 3 is 2.17 bits per heavy atom. The number of ether oxygens (including phenoxy) is 2. The van der Waals surface area contributed by atoms with Gasteiger partial charge in [-0.2, -0.15) is 0 Å². The van der Waals surface area contributed by atoms with Crippen molar-refractivity contribution in [2.24, 2.45) is 0 Å². The van der Waals surface area contributed by atoms with Crippen molar-refractivity contribution in [2.75, 3.05) is 7.11 Å². The number of alkyl halides is 3. The first-order valence-corrected chi connectivity index (χ1v) is 8.48. The van der Waals surface area contributed by atoms with Crippen molar-refractivity contribution in [2.45, 2.75) is 9.90 Å². The molecular formula is C16H11Cl5O3. The van der Waals surface area contributed by atoms with Crippen LogP contribution >= 0.6 is 58.0 Å². The predicted octanol–water partition coefficient (Wildman–Crippen LogP) is 6.27. The maximum Gasteiger partial charge on any atom is 0.340 e. The van der Waals surface area contributed by atoms with Gasteiger partial charge in [-0.3, -0.25) is 0 Å². The number of esters is 1. The van der Waals surface area contributed by atoms with Gasteiger partial charge >= 0.3 is 5.97 Å². The van der Waals surface area contributed by atoms with E-state index < -0.39 is 15.9 Å². The third-order valence-electron chi connectivity index (χ3n) is 3.09. The van der Waals surface area contributed by atoms with Gasteiger partial charge in [-0.15, -0.1) is 0 Å². The van der Waals surface area contributed by atoms with Gasteiger partial charge in [0.2, 0.25) is 3.79 Å². The molecule has 0 heterocycles. The van der Waals surface area contributed by atoms with E-state index in [1.807, 2.05) is 0 Å². The largest absolute Gasteiger partial charge is 0.497 e. The van der Waals surface area contributed by atoms with Crippen LogP contribution in [0.4, 0.5) is 0 Å². The standard InChI is InChI=1S/C16H11Cl5O3/c1-23-11-5-2-9(3-6-11)14(16(19,20)21)24-15(22)12-7-4-10(17)8-13(12)18/h2-8,14H,1H3. The Balaban J connectivity index is 2.30. The first kappa shape index (κ1) is 19.5. The number of rotatable bonds is 4. The van der Waals surface area contributed by atoms with Crippen LogP contribution in [0.15, 0.2) is 42.5 Å². The van der Waals surface area contributed by atoms with E-state index in [0.29, 0.717) is 16.3 Å². The third-order valence-corrected chi connectivity index (χ3v) is 4.23. The van der Waals surface area contributed by atoms with Crippen molar-refractivity contribution in [3.63, 3.8) is 0 Å². The van der Waals surface area contributed by atoms with E-state index >= 15 is 0 Å². The zero-order chi connectivity index (χ0) is 17.9. The van der Waals surface area contributed by atoms with Gasteiger partial charge in [0.05, 0.1) is 17.7 Å². The average molecular weight is 429 g/mol. The summed E-state index contributed by atoms with van der Waals surface area (Å²) in [4.78, 5) is 12.4. The quantitative estimate of drug-likeness (QED) is 0.425. The lowest BCUT2D eigenvalue weighted by molar-refractivity contribution is 0.0305. The van der Waals surface area contributed by atoms with Crippen LogP contribution in [0.2, 0.25) is 10.0 Å². The highest BCUT2D eigenvalue weighted by Crippen LogP contribution is 2.43. The molecule has 2 aromatic carbocycles. The van der Waals surface area contributed by atoms with Gasteiger partial charge in [0.15, 0.2) is 6.10 Å². The molecule has 0 aliphatic heterocycles. The van der Waals surface area contributed by atoms with Crippen LogP contribution in [0, 0.1) is 0 Å². The summed E-state index contributed by atoms with van der Waals surface area (Å²) in [6, 6.07) is 11.0. The summed E-state index contributed by atoms with van der Waals surface area (Å²) in [5.74, 6) is -0.113. The number of halogens is 5. The monoisotopic (exact) mass is 426 g/mol. The first-order chi connectivity index (χ1) is 11.2. The van der Waals surface area contributed by atoms with Crippen LogP contribution in [0.5, 0.6) is 5.75 Å². The number of benzene rings is 2. The van der Waals surface area contributed by atoms with E-state index in [1.54, 1.807) is 24.3 Å². The van der Waals surface area contributed by atoms with Gasteiger partial charge < -0.3 is 9.47 Å². The molecule has 0 aliphatic carbocycles. The summed E-state index contributed by atoms with van der Waals surface area (Å²) < 4.78 is 8.58. The van der Waals surface area contributed by atoms with Crippen LogP contribution in [-0.4, -0.2) is 16.9 Å². The Bertz CT molecular complexity index is 725. The average Bonchev–Trinajstić information content (AvgIpc) is 2.51. The van der Waals surface area contributed by atoms with Crippen molar-refractivity contribution in [1.29, 1.82) is 0 Å². The lowest BCUT2D eigenvalue weighted by Gasteiger charge is -2.25. The van der Waals surface area contributed by atoms with E-state index in [4.69, 9.17) is 67.5 Å². The summed E-state index contributed by atoms with van der Waals surface area (Å²) in [7, 11) is 1.53. The van der Waals surface area contributed by atoms with E-state index in [0.717, 1.165) is 0 Å². The summed E-state index contributed by atoms with van der Waals surface area (Å²) >= 11 is 29.7. The van der Waals surface area contributed by atoms with Crippen LogP contribution in [0.1, 0.15) is 22.0 Å². The van der Waals surface area contributed by atoms with Crippen molar-refractivity contribution in [3.8, 4) is 5.75 Å². The summed E-state index contributed by atoms with van der Waals surface area (Å²) in [6.07, 6.45) is -1.13. The highest BCUT2D eigenvalue weighted by atomic mass is 35.6. The molecule has 0 fully saturated rings. The minimum atomic E-state index is -1.87. The van der Waals surface area contributed by atoms with E-state index in [9.17, 15) is 4.79 Å². The minimum Gasteiger partial charge on any atom is -0.497 e. The van der Waals surface area contributed by atoms with Gasteiger partial charge in [0.25, 0.3) is 0 Å². The molecular weight excluding hydrogens is 417 g/mol. The minimum absolute atomic E-state index is 0.119. The van der Waals surface area contributed by atoms with Crippen LogP contribution in [0.25, 0.3) is 0 Å². The Kier molecular flexibility index (Phi) is 6.52. The molecule has 24 heavy (non-hydrogen) atoms. The van der Waals surface area contributed by atoms with Crippen molar-refractivity contribution in [3.05, 3.63) is 63.6 Å². The molecule has 1 atom stereocenters. The number of hydrogen-bond acceptors (Lipinski definition) is 3. The predicted molar refractivity (Wildman–Crippen MR) is 97.9 cm³/mol. The number of carbonyl (C=O) groups is 1. The van der Waals surface area contributed by atoms with Gasteiger partial charge in [0.1, 0.15) is 5.75 Å². The molecule has 3 nitrogen and oxygen atoms in total. The second kappa shape index (κ2) is 8.03. The van der Waals surface area contributed by atoms with Gasteiger partial charge in [-0.25, -0.2) is 4.79 Å². The molecule has 0 aliphatic rings. The molecule has 0 spiro atoms. The van der Waals surface area contributed by atoms with Crippen LogP contribution in [-0.2, 0) is 4.74 Å². The lowest BCUT2D eigenvalue weighted by Crippen LogP contribution is -2.23. The highest BCUT2D eigenvalue weighted by Gasteiger charge is 2.38. The third kappa shape index (κ3) is 4.84. The van der Waals surface area contributed by atoms with E-state index in [2.05, 4.69) is 0 Å². The molecule has 2 rings (SSSR count). The van der Waals surface area contributed by atoms with Crippen LogP contribution < -0.4 is 4.74 Å². The molecule has 2 aromatic rings. The second-order valence-corrected chi connectivity index (χ2v) is 7.94. The molecule has 0 saturated heterocycles. The molecule has 8 heteroatoms. The van der Waals surface area contributed by atoms with Crippen molar-refractivity contribution < 1.29 is 14.3 Å². The van der Waals surface area contributed by atoms with Crippen molar-refractivity contribution >= 4 is 64.0 Å². The van der Waals surface area contributed by atoms with E-state index in [1.165, 1.54) is 25.3 Å². The molecule has 0 aromatic heterocycles. The SMILES string of the molecule is COc1ccc(C(OC(=O)c2ccc(Cl)cc2Cl)C(Cl)(Cl)Cl)cc1. The maximum absolute atomic E-state index is 12.4. The Labute approximate surface area is 164 Å². The maximum atomic E-state index is 12.4. The van der Waals surface area contributed by atoms with Gasteiger partial charge in [0, 0.05) is 5.02 Å². The topological polar surface area (TPSA) is 35.5 Å². The fraction of sp³-hybridized carbons (Fsp3) is 0.188. The Morgan fingerprint density at radius 2 is 1.67 bits per heavy atom. The molecule has 0 bridgehead atoms. The number of carbonyl (C=O) groups excluding carboxylic acids is 1. The molecule has 0 amide bonds. The highest BCUT2D eigenvalue weighted by molar-refractivity contribution is 6.68. The zero-order valence-corrected chi connectivity index (χ0v) is 16.0. The van der Waals surface area contributed by atoms with Gasteiger partial charge in [-0.1, -0.05) is 70.1 Å². The Hall–Kier alpha value is -0.840. The molecule has 1 unspecified atom stereocenters. The smallest absolute Gasteiger partial charge is 0.340 e. The van der Waals surface area contributed by atoms with Crippen molar-refractivity contribution in [1.82, 2.24) is 0 Å². The molecule has 0 radical (unpaired) electrons. The first-order valence-electron chi connectivity index (χ1n) is 6.59. The summed E-state index contributed by atoms with van der Waals surface area (Å²) in [5, 5.41) is 0.537. The molecule has 0 saturated carbocycles. The zero-order valence-electron chi connectivity index (χ0n) is 12.2. The van der Waals surface area contributed by atoms with Gasteiger partial charge in [-0.05, 0) is 35.9 Å². The normalized spacial score (nSPS) is 12.6. The summed E-state index contributed by atoms with van der Waals surface area (Å²) in [5.41, 5.74) is 0.614. The lowest BCUT2D eigenvalue weighted by atomic mass is 10.1.